The smallest absolute Gasteiger partial charge is 0.240 e. The van der Waals surface area contributed by atoms with Crippen LogP contribution in [0.1, 0.15) is 23.7 Å². The van der Waals surface area contributed by atoms with Crippen LogP contribution in [0, 0.1) is 0 Å². The molecule has 1 aromatic heterocycles. The molecule has 0 radical (unpaired) electrons. The van der Waals surface area contributed by atoms with Gasteiger partial charge in [-0.05, 0) is 18.4 Å². The van der Waals surface area contributed by atoms with Gasteiger partial charge in [0.25, 0.3) is 0 Å². The number of allylic oxidation sites excluding steroid dienone is 1. The van der Waals surface area contributed by atoms with Gasteiger partial charge in [-0.3, -0.25) is 9.36 Å². The van der Waals surface area contributed by atoms with E-state index in [0.717, 1.165) is 48.0 Å². The number of thioether (sulfide) groups is 1. The molecule has 2 aromatic carbocycles. The average molecular weight is 405 g/mol. The first-order valence-electron chi connectivity index (χ1n) is 9.88. The molecule has 1 aliphatic heterocycles. The summed E-state index contributed by atoms with van der Waals surface area (Å²) in [7, 11) is 0. The molecule has 29 heavy (non-hydrogen) atoms. The highest BCUT2D eigenvalue weighted by molar-refractivity contribution is 8.00. The van der Waals surface area contributed by atoms with Crippen LogP contribution in [-0.2, 0) is 11.3 Å². The summed E-state index contributed by atoms with van der Waals surface area (Å²) >= 11 is 1.47. The maximum absolute atomic E-state index is 13.3. The molecule has 2 heterocycles. The van der Waals surface area contributed by atoms with Gasteiger partial charge < -0.3 is 4.90 Å². The zero-order valence-corrected chi connectivity index (χ0v) is 17.1. The van der Waals surface area contributed by atoms with E-state index in [4.69, 9.17) is 0 Å². The Morgan fingerprint density at radius 3 is 2.34 bits per heavy atom. The van der Waals surface area contributed by atoms with Crippen molar-refractivity contribution in [1.29, 1.82) is 0 Å². The van der Waals surface area contributed by atoms with Crippen LogP contribution >= 0.6 is 11.8 Å². The topological polar surface area (TPSA) is 51.0 Å². The van der Waals surface area contributed by atoms with Crippen LogP contribution in [0.15, 0.2) is 78.5 Å². The predicted molar refractivity (Wildman–Crippen MR) is 117 cm³/mol. The fourth-order valence-corrected chi connectivity index (χ4v) is 4.70. The minimum atomic E-state index is -0.342. The van der Waals surface area contributed by atoms with E-state index in [1.54, 1.807) is 0 Å². The van der Waals surface area contributed by atoms with Crippen molar-refractivity contribution >= 4 is 17.7 Å². The van der Waals surface area contributed by atoms with Gasteiger partial charge in [-0.15, -0.1) is 16.8 Å². The van der Waals surface area contributed by atoms with Crippen LogP contribution in [0.3, 0.4) is 0 Å². The maximum Gasteiger partial charge on any atom is 0.240 e. The molecule has 148 valence electrons. The van der Waals surface area contributed by atoms with Gasteiger partial charge in [-0.25, -0.2) is 0 Å². The van der Waals surface area contributed by atoms with Crippen molar-refractivity contribution in [2.75, 3.05) is 13.1 Å². The molecule has 1 amide bonds. The fourth-order valence-electron chi connectivity index (χ4n) is 3.57. The second-order valence-electron chi connectivity index (χ2n) is 7.01. The Balaban J connectivity index is 1.69. The molecule has 0 saturated carbocycles. The van der Waals surface area contributed by atoms with E-state index in [-0.39, 0.29) is 11.2 Å². The van der Waals surface area contributed by atoms with E-state index in [0.29, 0.717) is 6.54 Å². The average Bonchev–Trinajstić information content (AvgIpc) is 3.44. The van der Waals surface area contributed by atoms with Gasteiger partial charge >= 0.3 is 0 Å². The molecule has 4 rings (SSSR count). The second kappa shape index (κ2) is 9.09. The van der Waals surface area contributed by atoms with Crippen molar-refractivity contribution in [3.8, 4) is 11.4 Å². The number of amides is 1. The molecular formula is C23H24N4OS. The highest BCUT2D eigenvalue weighted by Crippen LogP contribution is 2.38. The third-order valence-corrected chi connectivity index (χ3v) is 6.25. The SMILES string of the molecule is C=CCn1c(S[C@@H](C(=O)N2CCCC2)c2ccccc2)nnc1-c1ccccc1. The first-order valence-corrected chi connectivity index (χ1v) is 10.8. The van der Waals surface area contributed by atoms with Crippen molar-refractivity contribution in [2.45, 2.75) is 29.8 Å². The van der Waals surface area contributed by atoms with E-state index < -0.39 is 0 Å². The number of benzene rings is 2. The number of rotatable bonds is 7. The molecule has 1 aliphatic rings. The molecule has 0 spiro atoms. The molecule has 0 bridgehead atoms. The number of carbonyl (C=O) groups is 1. The molecule has 0 N–H and O–H groups in total. The Hall–Kier alpha value is -2.86. The summed E-state index contributed by atoms with van der Waals surface area (Å²) in [6, 6.07) is 19.9. The summed E-state index contributed by atoms with van der Waals surface area (Å²) in [6.45, 7) is 6.13. The van der Waals surface area contributed by atoms with Gasteiger partial charge in [0.2, 0.25) is 5.91 Å². The molecule has 1 atom stereocenters. The van der Waals surface area contributed by atoms with Crippen molar-refractivity contribution in [3.63, 3.8) is 0 Å². The van der Waals surface area contributed by atoms with E-state index in [1.807, 2.05) is 76.2 Å². The van der Waals surface area contributed by atoms with Crippen LogP contribution in [0.2, 0.25) is 0 Å². The zero-order valence-electron chi connectivity index (χ0n) is 16.3. The minimum absolute atomic E-state index is 0.146. The Morgan fingerprint density at radius 1 is 1.03 bits per heavy atom. The third kappa shape index (κ3) is 4.27. The predicted octanol–water partition coefficient (Wildman–Crippen LogP) is 4.59. The monoisotopic (exact) mass is 404 g/mol. The standard InChI is InChI=1S/C23H24N4OS/c1-2-15-27-21(19-13-7-4-8-14-19)24-25-23(27)29-20(18-11-5-3-6-12-18)22(28)26-16-9-10-17-26/h2-8,11-14,20H,1,9-10,15-17H2/t20-/m1/s1. The van der Waals surface area contributed by atoms with Gasteiger partial charge in [0, 0.05) is 25.2 Å². The van der Waals surface area contributed by atoms with Crippen LogP contribution < -0.4 is 0 Å². The summed E-state index contributed by atoms with van der Waals surface area (Å²) in [6.07, 6.45) is 3.98. The van der Waals surface area contributed by atoms with E-state index in [2.05, 4.69) is 16.8 Å². The Labute approximate surface area is 175 Å². The van der Waals surface area contributed by atoms with Gasteiger partial charge in [0.1, 0.15) is 5.25 Å². The largest absolute Gasteiger partial charge is 0.341 e. The molecule has 5 nitrogen and oxygen atoms in total. The normalized spacial score (nSPS) is 14.7. The second-order valence-corrected chi connectivity index (χ2v) is 8.08. The van der Waals surface area contributed by atoms with Crippen LogP contribution in [0.25, 0.3) is 11.4 Å². The summed E-state index contributed by atoms with van der Waals surface area (Å²) in [5.74, 6) is 0.932. The molecule has 1 saturated heterocycles. The van der Waals surface area contributed by atoms with Crippen molar-refractivity contribution in [2.24, 2.45) is 0 Å². The van der Waals surface area contributed by atoms with Gasteiger partial charge in [-0.1, -0.05) is 78.5 Å². The number of carbonyl (C=O) groups excluding carboxylic acids is 1. The van der Waals surface area contributed by atoms with Crippen molar-refractivity contribution < 1.29 is 4.79 Å². The quantitative estimate of drug-likeness (QED) is 0.427. The number of hydrogen-bond acceptors (Lipinski definition) is 4. The Kier molecular flexibility index (Phi) is 6.10. The van der Waals surface area contributed by atoms with Gasteiger partial charge in [0.05, 0.1) is 0 Å². The molecule has 0 aliphatic carbocycles. The number of aromatic nitrogens is 3. The first kappa shape index (κ1) is 19.5. The highest BCUT2D eigenvalue weighted by atomic mass is 32.2. The van der Waals surface area contributed by atoms with Gasteiger partial charge in [-0.2, -0.15) is 0 Å². The van der Waals surface area contributed by atoms with Crippen LogP contribution in [0.5, 0.6) is 0 Å². The first-order chi connectivity index (χ1) is 14.3. The van der Waals surface area contributed by atoms with E-state index in [1.165, 1.54) is 11.8 Å². The molecule has 3 aromatic rings. The number of hydrogen-bond donors (Lipinski definition) is 0. The highest BCUT2D eigenvalue weighted by Gasteiger charge is 2.30. The lowest BCUT2D eigenvalue weighted by Crippen LogP contribution is -2.31. The number of likely N-dealkylation sites (tertiary alicyclic amines) is 1. The number of nitrogens with zero attached hydrogens (tertiary/aromatic N) is 4. The third-order valence-electron chi connectivity index (χ3n) is 5.03. The Bertz CT molecular complexity index is 965. The van der Waals surface area contributed by atoms with Gasteiger partial charge in [0.15, 0.2) is 11.0 Å². The fraction of sp³-hybridized carbons (Fsp3) is 0.261. The lowest BCUT2D eigenvalue weighted by molar-refractivity contribution is -0.129. The molecular weight excluding hydrogens is 380 g/mol. The summed E-state index contributed by atoms with van der Waals surface area (Å²) in [4.78, 5) is 15.3. The van der Waals surface area contributed by atoms with E-state index >= 15 is 0 Å². The molecule has 0 unspecified atom stereocenters. The summed E-state index contributed by atoms with van der Waals surface area (Å²) in [5, 5.41) is 9.26. The van der Waals surface area contributed by atoms with Crippen molar-refractivity contribution in [1.82, 2.24) is 19.7 Å². The van der Waals surface area contributed by atoms with Crippen LogP contribution in [-0.4, -0.2) is 38.7 Å². The zero-order chi connectivity index (χ0) is 20.1. The summed E-state index contributed by atoms with van der Waals surface area (Å²) < 4.78 is 2.03. The summed E-state index contributed by atoms with van der Waals surface area (Å²) in [5.41, 5.74) is 1.99. The molecule has 6 heteroatoms. The lowest BCUT2D eigenvalue weighted by Gasteiger charge is -2.23. The molecule has 1 fully saturated rings. The lowest BCUT2D eigenvalue weighted by atomic mass is 10.1. The van der Waals surface area contributed by atoms with Crippen LogP contribution in [0.4, 0.5) is 0 Å². The maximum atomic E-state index is 13.3. The van der Waals surface area contributed by atoms with Crippen molar-refractivity contribution in [3.05, 3.63) is 78.9 Å². The minimum Gasteiger partial charge on any atom is -0.341 e. The Morgan fingerprint density at radius 2 is 1.69 bits per heavy atom. The van der Waals surface area contributed by atoms with E-state index in [9.17, 15) is 4.79 Å².